The molecule has 0 saturated carbocycles. The first-order valence-electron chi connectivity index (χ1n) is 9.55. The summed E-state index contributed by atoms with van der Waals surface area (Å²) >= 11 is 1.44. The number of nitriles is 1. The molecule has 0 unspecified atom stereocenters. The molecule has 28 heavy (non-hydrogen) atoms. The lowest BCUT2D eigenvalue weighted by Crippen LogP contribution is -2.44. The van der Waals surface area contributed by atoms with Crippen LogP contribution in [0.2, 0.25) is 0 Å². The molecular weight excluding hydrogens is 376 g/mol. The van der Waals surface area contributed by atoms with Crippen LogP contribution < -0.4 is 10.1 Å². The summed E-state index contributed by atoms with van der Waals surface area (Å²) in [5.41, 5.74) is 1.01. The number of para-hydroxylation sites is 1. The van der Waals surface area contributed by atoms with Crippen molar-refractivity contribution >= 4 is 23.6 Å². The average molecular weight is 403 g/mol. The highest BCUT2D eigenvalue weighted by molar-refractivity contribution is 8.03. The number of nitrogens with zero attached hydrogens (tertiary/aromatic N) is 1. The Morgan fingerprint density at radius 1 is 1.25 bits per heavy atom. The van der Waals surface area contributed by atoms with Crippen molar-refractivity contribution in [2.24, 2.45) is 5.92 Å². The molecule has 150 valence electrons. The van der Waals surface area contributed by atoms with Crippen LogP contribution in [0.25, 0.3) is 0 Å². The highest BCUT2D eigenvalue weighted by Gasteiger charge is 2.45. The zero-order chi connectivity index (χ0) is 20.5. The molecule has 1 aromatic rings. The van der Waals surface area contributed by atoms with Gasteiger partial charge in [-0.25, -0.2) is 0 Å². The van der Waals surface area contributed by atoms with Crippen LogP contribution in [0.15, 0.2) is 34.9 Å². The summed E-state index contributed by atoms with van der Waals surface area (Å²) < 4.78 is 10.9. The van der Waals surface area contributed by atoms with Gasteiger partial charge in [0.2, 0.25) is 5.91 Å². The smallest absolute Gasteiger partial charge is 0.319 e. The number of carbonyl (C=O) groups excluding carboxylic acids is 2. The van der Waals surface area contributed by atoms with Crippen molar-refractivity contribution < 1.29 is 19.1 Å². The number of rotatable bonds is 9. The van der Waals surface area contributed by atoms with Crippen molar-refractivity contribution in [2.75, 3.05) is 19.0 Å². The second kappa shape index (κ2) is 10.8. The van der Waals surface area contributed by atoms with Crippen LogP contribution in [0.3, 0.4) is 0 Å². The molecule has 1 aromatic carbocycles. The molecule has 1 heterocycles. The molecule has 0 aromatic heterocycles. The van der Waals surface area contributed by atoms with Crippen molar-refractivity contribution in [1.82, 2.24) is 5.32 Å². The van der Waals surface area contributed by atoms with Gasteiger partial charge in [-0.2, -0.15) is 5.26 Å². The zero-order valence-electron chi connectivity index (χ0n) is 16.5. The van der Waals surface area contributed by atoms with E-state index >= 15 is 0 Å². The van der Waals surface area contributed by atoms with E-state index in [0.29, 0.717) is 28.5 Å². The van der Waals surface area contributed by atoms with E-state index < -0.39 is 23.7 Å². The SMILES string of the molecule is CCCCSC1=C(C#N)[C@@H](c2ccccc2OCC)[C@H](C(=O)OCC)C(=O)N1. The molecule has 0 spiro atoms. The summed E-state index contributed by atoms with van der Waals surface area (Å²) in [6.07, 6.45) is 1.97. The minimum atomic E-state index is -1.13. The second-order valence-electron chi connectivity index (χ2n) is 6.22. The number of allylic oxidation sites excluding steroid dienone is 1. The minimum Gasteiger partial charge on any atom is -0.494 e. The molecule has 0 fully saturated rings. The number of hydrogen-bond donors (Lipinski definition) is 1. The summed E-state index contributed by atoms with van der Waals surface area (Å²) in [7, 11) is 0. The molecule has 0 radical (unpaired) electrons. The van der Waals surface area contributed by atoms with Crippen LogP contribution >= 0.6 is 11.8 Å². The molecule has 0 bridgehead atoms. The van der Waals surface area contributed by atoms with Crippen LogP contribution in [0.1, 0.15) is 45.1 Å². The third kappa shape index (κ3) is 4.87. The van der Waals surface area contributed by atoms with Crippen molar-refractivity contribution in [3.8, 4) is 11.8 Å². The van der Waals surface area contributed by atoms with Gasteiger partial charge in [0.25, 0.3) is 0 Å². The number of nitrogens with one attached hydrogen (secondary N) is 1. The van der Waals surface area contributed by atoms with Gasteiger partial charge in [-0.05, 0) is 32.1 Å². The van der Waals surface area contributed by atoms with Crippen LogP contribution in [0.4, 0.5) is 0 Å². The fraction of sp³-hybridized carbons (Fsp3) is 0.476. The molecule has 1 aliphatic rings. The monoisotopic (exact) mass is 402 g/mol. The third-order valence-electron chi connectivity index (χ3n) is 4.37. The van der Waals surface area contributed by atoms with Crippen molar-refractivity contribution in [2.45, 2.75) is 39.5 Å². The lowest BCUT2D eigenvalue weighted by molar-refractivity contribution is -0.152. The van der Waals surface area contributed by atoms with Gasteiger partial charge < -0.3 is 14.8 Å². The molecule has 1 aliphatic heterocycles. The van der Waals surface area contributed by atoms with E-state index in [9.17, 15) is 14.9 Å². The van der Waals surface area contributed by atoms with Gasteiger partial charge in [-0.1, -0.05) is 31.5 Å². The van der Waals surface area contributed by atoms with E-state index in [1.807, 2.05) is 19.1 Å². The maximum atomic E-state index is 12.9. The quantitative estimate of drug-likeness (QED) is 0.384. The Labute approximate surface area is 170 Å². The summed E-state index contributed by atoms with van der Waals surface area (Å²) in [6, 6.07) is 9.44. The Bertz CT molecular complexity index is 785. The summed E-state index contributed by atoms with van der Waals surface area (Å²) in [6.45, 7) is 6.22. The largest absolute Gasteiger partial charge is 0.494 e. The van der Waals surface area contributed by atoms with E-state index in [4.69, 9.17) is 9.47 Å². The van der Waals surface area contributed by atoms with Crippen LogP contribution in [-0.4, -0.2) is 30.8 Å². The third-order valence-corrected chi connectivity index (χ3v) is 5.47. The Hall–Kier alpha value is -2.46. The number of hydrogen-bond acceptors (Lipinski definition) is 6. The maximum absolute atomic E-state index is 12.9. The predicted molar refractivity (Wildman–Crippen MR) is 109 cm³/mol. The minimum absolute atomic E-state index is 0.159. The molecule has 1 amide bonds. The Balaban J connectivity index is 2.59. The molecule has 2 atom stereocenters. The molecular formula is C21H26N2O4S. The zero-order valence-corrected chi connectivity index (χ0v) is 17.3. The lowest BCUT2D eigenvalue weighted by atomic mass is 9.78. The fourth-order valence-corrected chi connectivity index (χ4v) is 4.24. The summed E-state index contributed by atoms with van der Waals surface area (Å²) in [5, 5.41) is 13.2. The summed E-state index contributed by atoms with van der Waals surface area (Å²) in [5.74, 6) is -1.63. The molecule has 7 heteroatoms. The normalized spacial score (nSPS) is 19.0. The van der Waals surface area contributed by atoms with Crippen LogP contribution in [0, 0.1) is 17.2 Å². The Morgan fingerprint density at radius 3 is 2.64 bits per heavy atom. The first kappa shape index (κ1) is 21.8. The number of carbonyl (C=O) groups is 2. The number of benzene rings is 1. The predicted octanol–water partition coefficient (Wildman–Crippen LogP) is 3.75. The standard InChI is InChI=1S/C21H26N2O4S/c1-4-7-12-28-20-15(13-22)17(14-10-8-9-11-16(14)26-5-2)18(19(24)23-20)21(25)27-6-3/h8-11,17-18H,4-7,12H2,1-3H3,(H,23,24)/t17-,18+/m1/s1. The highest BCUT2D eigenvalue weighted by atomic mass is 32.2. The Morgan fingerprint density at radius 2 is 2.00 bits per heavy atom. The number of amides is 1. The topological polar surface area (TPSA) is 88.4 Å². The number of unbranched alkanes of at least 4 members (excludes halogenated alkanes) is 1. The molecule has 0 saturated heterocycles. The van der Waals surface area contributed by atoms with E-state index in [2.05, 4.69) is 18.3 Å². The van der Waals surface area contributed by atoms with E-state index in [1.165, 1.54) is 11.8 Å². The maximum Gasteiger partial charge on any atom is 0.319 e. The summed E-state index contributed by atoms with van der Waals surface area (Å²) in [4.78, 5) is 25.5. The van der Waals surface area contributed by atoms with Crippen molar-refractivity contribution in [1.29, 1.82) is 5.26 Å². The number of esters is 1. The van der Waals surface area contributed by atoms with Gasteiger partial charge in [0.15, 0.2) is 0 Å². The molecule has 0 aliphatic carbocycles. The van der Waals surface area contributed by atoms with Gasteiger partial charge in [0.1, 0.15) is 11.7 Å². The number of thioether (sulfide) groups is 1. The first-order valence-corrected chi connectivity index (χ1v) is 10.5. The van der Waals surface area contributed by atoms with Gasteiger partial charge in [0.05, 0.1) is 29.9 Å². The van der Waals surface area contributed by atoms with E-state index in [0.717, 1.165) is 18.6 Å². The Kier molecular flexibility index (Phi) is 8.40. The van der Waals surface area contributed by atoms with Gasteiger partial charge in [-0.3, -0.25) is 9.59 Å². The lowest BCUT2D eigenvalue weighted by Gasteiger charge is -2.32. The first-order chi connectivity index (χ1) is 13.6. The van der Waals surface area contributed by atoms with Crippen molar-refractivity contribution in [3.05, 3.63) is 40.4 Å². The van der Waals surface area contributed by atoms with Crippen molar-refractivity contribution in [3.63, 3.8) is 0 Å². The second-order valence-corrected chi connectivity index (χ2v) is 7.33. The van der Waals surface area contributed by atoms with Crippen LogP contribution in [0.5, 0.6) is 5.75 Å². The van der Waals surface area contributed by atoms with E-state index in [1.54, 1.807) is 19.1 Å². The number of ether oxygens (including phenoxy) is 2. The molecule has 6 nitrogen and oxygen atoms in total. The molecule has 2 rings (SSSR count). The fourth-order valence-electron chi connectivity index (χ4n) is 3.10. The van der Waals surface area contributed by atoms with E-state index in [-0.39, 0.29) is 6.61 Å². The van der Waals surface area contributed by atoms with Crippen LogP contribution in [-0.2, 0) is 14.3 Å². The highest BCUT2D eigenvalue weighted by Crippen LogP contribution is 2.43. The van der Waals surface area contributed by atoms with Gasteiger partial charge >= 0.3 is 5.97 Å². The average Bonchev–Trinajstić information content (AvgIpc) is 2.68. The molecule has 1 N–H and O–H groups in total. The van der Waals surface area contributed by atoms with Gasteiger partial charge in [-0.15, -0.1) is 11.8 Å². The van der Waals surface area contributed by atoms with Gasteiger partial charge in [0, 0.05) is 11.5 Å².